The number of rotatable bonds is 4. The van der Waals surface area contributed by atoms with Crippen LogP contribution in [0.4, 0.5) is 0 Å². The molecule has 0 bridgehead atoms. The van der Waals surface area contributed by atoms with Crippen LogP contribution in [0, 0.1) is 0 Å². The Morgan fingerprint density at radius 1 is 1.40 bits per heavy atom. The third-order valence-corrected chi connectivity index (χ3v) is 4.91. The maximum Gasteiger partial charge on any atom is 0.282 e. The lowest BCUT2D eigenvalue weighted by Crippen LogP contribution is -2.44. The van der Waals surface area contributed by atoms with Gasteiger partial charge in [0, 0.05) is 26.2 Å². The lowest BCUT2D eigenvalue weighted by atomic mass is 10.1. The van der Waals surface area contributed by atoms with Crippen LogP contribution in [0.5, 0.6) is 0 Å². The minimum atomic E-state index is -3.37. The number of nitrogens with zero attached hydrogens (tertiary/aromatic N) is 2. The molecule has 1 N–H and O–H groups in total. The SMILES string of the molecule is CCN(CC)S(=O)(=O)N1CCC(C)(O)C1. The summed E-state index contributed by atoms with van der Waals surface area (Å²) >= 11 is 0. The molecule has 1 aliphatic heterocycles. The van der Waals surface area contributed by atoms with Gasteiger partial charge in [-0.1, -0.05) is 13.8 Å². The highest BCUT2D eigenvalue weighted by Crippen LogP contribution is 2.24. The molecule has 1 unspecified atom stereocenters. The molecule has 0 aromatic heterocycles. The Morgan fingerprint density at radius 2 is 1.93 bits per heavy atom. The molecule has 1 atom stereocenters. The lowest BCUT2D eigenvalue weighted by molar-refractivity contribution is 0.0757. The van der Waals surface area contributed by atoms with Gasteiger partial charge in [-0.25, -0.2) is 0 Å². The first-order valence-electron chi connectivity index (χ1n) is 5.31. The fraction of sp³-hybridized carbons (Fsp3) is 1.00. The highest BCUT2D eigenvalue weighted by atomic mass is 32.2. The molecule has 1 aliphatic rings. The summed E-state index contributed by atoms with van der Waals surface area (Å²) in [6.45, 7) is 6.85. The minimum absolute atomic E-state index is 0.200. The van der Waals surface area contributed by atoms with E-state index in [1.54, 1.807) is 6.92 Å². The van der Waals surface area contributed by atoms with Crippen LogP contribution in [-0.2, 0) is 10.2 Å². The van der Waals surface area contributed by atoms with E-state index in [-0.39, 0.29) is 6.54 Å². The molecule has 0 saturated carbocycles. The first kappa shape index (κ1) is 12.9. The molecule has 0 aromatic rings. The second-order valence-corrected chi connectivity index (χ2v) is 6.10. The fourth-order valence-corrected chi connectivity index (χ4v) is 3.56. The normalized spacial score (nSPS) is 28.9. The summed E-state index contributed by atoms with van der Waals surface area (Å²) in [5, 5.41) is 9.73. The van der Waals surface area contributed by atoms with Gasteiger partial charge in [-0.2, -0.15) is 17.0 Å². The van der Waals surface area contributed by atoms with Crippen LogP contribution in [0.2, 0.25) is 0 Å². The summed E-state index contributed by atoms with van der Waals surface area (Å²) in [4.78, 5) is 0. The van der Waals surface area contributed by atoms with Gasteiger partial charge in [-0.05, 0) is 13.3 Å². The highest BCUT2D eigenvalue weighted by Gasteiger charge is 2.39. The molecule has 0 radical (unpaired) electrons. The van der Waals surface area contributed by atoms with Crippen LogP contribution in [0.3, 0.4) is 0 Å². The van der Waals surface area contributed by atoms with Crippen LogP contribution < -0.4 is 0 Å². The quantitative estimate of drug-likeness (QED) is 0.749. The molecule has 1 heterocycles. The minimum Gasteiger partial charge on any atom is -0.389 e. The van der Waals surface area contributed by atoms with Crippen molar-refractivity contribution in [2.45, 2.75) is 32.8 Å². The topological polar surface area (TPSA) is 60.9 Å². The molecular weight excluding hydrogens is 216 g/mol. The van der Waals surface area contributed by atoms with Gasteiger partial charge >= 0.3 is 0 Å². The van der Waals surface area contributed by atoms with Crippen LogP contribution in [0.25, 0.3) is 0 Å². The zero-order chi connectivity index (χ0) is 11.7. The van der Waals surface area contributed by atoms with Crippen molar-refractivity contribution >= 4 is 10.2 Å². The van der Waals surface area contributed by atoms with E-state index in [2.05, 4.69) is 0 Å². The standard InChI is InChI=1S/C9H20N2O3S/c1-4-10(5-2)15(13,14)11-7-6-9(3,12)8-11/h12H,4-8H2,1-3H3. The summed E-state index contributed by atoms with van der Waals surface area (Å²) < 4.78 is 26.8. The van der Waals surface area contributed by atoms with E-state index in [1.165, 1.54) is 8.61 Å². The molecule has 1 fully saturated rings. The van der Waals surface area contributed by atoms with Crippen molar-refractivity contribution in [3.63, 3.8) is 0 Å². The first-order chi connectivity index (χ1) is 6.83. The lowest BCUT2D eigenvalue weighted by Gasteiger charge is -2.25. The van der Waals surface area contributed by atoms with Gasteiger partial charge < -0.3 is 5.11 Å². The van der Waals surface area contributed by atoms with Crippen molar-refractivity contribution in [3.8, 4) is 0 Å². The van der Waals surface area contributed by atoms with Crippen LogP contribution in [-0.4, -0.2) is 53.9 Å². The molecule has 0 aliphatic carbocycles. The van der Waals surface area contributed by atoms with Gasteiger partial charge in [0.25, 0.3) is 10.2 Å². The smallest absolute Gasteiger partial charge is 0.282 e. The van der Waals surface area contributed by atoms with Crippen molar-refractivity contribution in [2.24, 2.45) is 0 Å². The van der Waals surface area contributed by atoms with E-state index in [0.717, 1.165) is 0 Å². The largest absolute Gasteiger partial charge is 0.389 e. The number of β-amino-alcohol motifs (C(OH)–C–C–N with tert-alkyl or cyclic N) is 1. The van der Waals surface area contributed by atoms with Gasteiger partial charge in [0.2, 0.25) is 0 Å². The van der Waals surface area contributed by atoms with Crippen molar-refractivity contribution in [2.75, 3.05) is 26.2 Å². The van der Waals surface area contributed by atoms with Crippen LogP contribution >= 0.6 is 0 Å². The predicted octanol–water partition coefficient (Wildman–Crippen LogP) is 0.0297. The second-order valence-electron chi connectivity index (χ2n) is 4.17. The van der Waals surface area contributed by atoms with Gasteiger partial charge in [-0.15, -0.1) is 0 Å². The summed E-state index contributed by atoms with van der Waals surface area (Å²) in [6.07, 6.45) is 0.507. The molecule has 15 heavy (non-hydrogen) atoms. The summed E-state index contributed by atoms with van der Waals surface area (Å²) in [5.41, 5.74) is -0.875. The molecule has 6 heteroatoms. The number of hydrogen-bond acceptors (Lipinski definition) is 3. The van der Waals surface area contributed by atoms with E-state index < -0.39 is 15.8 Å². The molecule has 0 spiro atoms. The average molecular weight is 236 g/mol. The molecule has 1 saturated heterocycles. The van der Waals surface area contributed by atoms with Crippen LogP contribution in [0.15, 0.2) is 0 Å². The van der Waals surface area contributed by atoms with Gasteiger partial charge in [0.05, 0.1) is 5.60 Å². The molecule has 5 nitrogen and oxygen atoms in total. The molecule has 1 rings (SSSR count). The monoisotopic (exact) mass is 236 g/mol. The fourth-order valence-electron chi connectivity index (χ4n) is 1.81. The van der Waals surface area contributed by atoms with Crippen molar-refractivity contribution in [3.05, 3.63) is 0 Å². The van der Waals surface area contributed by atoms with E-state index in [1.807, 2.05) is 13.8 Å². The molecule has 0 aromatic carbocycles. The Labute approximate surface area is 91.9 Å². The third kappa shape index (κ3) is 2.69. The van der Waals surface area contributed by atoms with Gasteiger partial charge in [0.15, 0.2) is 0 Å². The van der Waals surface area contributed by atoms with Crippen molar-refractivity contribution in [1.82, 2.24) is 8.61 Å². The van der Waals surface area contributed by atoms with Crippen LogP contribution in [0.1, 0.15) is 27.2 Å². The van der Waals surface area contributed by atoms with Crippen molar-refractivity contribution in [1.29, 1.82) is 0 Å². The summed E-state index contributed by atoms with van der Waals surface area (Å²) in [6, 6.07) is 0. The maximum absolute atomic E-state index is 12.0. The zero-order valence-corrected chi connectivity index (χ0v) is 10.4. The highest BCUT2D eigenvalue weighted by molar-refractivity contribution is 7.86. The number of hydrogen-bond donors (Lipinski definition) is 1. The Hall–Kier alpha value is -0.170. The molecule has 0 amide bonds. The van der Waals surface area contributed by atoms with Gasteiger partial charge in [0.1, 0.15) is 0 Å². The maximum atomic E-state index is 12.0. The summed E-state index contributed by atoms with van der Waals surface area (Å²) in [7, 11) is -3.37. The number of aliphatic hydroxyl groups is 1. The summed E-state index contributed by atoms with van der Waals surface area (Å²) in [5.74, 6) is 0. The van der Waals surface area contributed by atoms with Gasteiger partial charge in [-0.3, -0.25) is 0 Å². The zero-order valence-electron chi connectivity index (χ0n) is 9.60. The van der Waals surface area contributed by atoms with E-state index in [9.17, 15) is 13.5 Å². The second kappa shape index (κ2) is 4.37. The molecular formula is C9H20N2O3S. The van der Waals surface area contributed by atoms with Crippen molar-refractivity contribution < 1.29 is 13.5 Å². The average Bonchev–Trinajstić information content (AvgIpc) is 2.48. The van der Waals surface area contributed by atoms with E-state index >= 15 is 0 Å². The Morgan fingerprint density at radius 3 is 2.27 bits per heavy atom. The van der Waals surface area contributed by atoms with E-state index in [4.69, 9.17) is 0 Å². The first-order valence-corrected chi connectivity index (χ1v) is 6.71. The Balaban J connectivity index is 2.80. The predicted molar refractivity (Wildman–Crippen MR) is 58.7 cm³/mol. The third-order valence-electron chi connectivity index (χ3n) is 2.77. The Kier molecular flexibility index (Phi) is 3.76. The van der Waals surface area contributed by atoms with E-state index in [0.29, 0.717) is 26.1 Å². The Bertz CT molecular complexity index is 309. The molecule has 90 valence electrons.